The normalized spacial score (nSPS) is 18.7. The standard InChI is InChI=1S/C20H24N2O4/c1-19(2,3)26-18(24)21-14-7-8-15-13(11-14)12-16-17(23)25-20(22(15)16)9-5-4-6-10-20/h7-8,11-12H,4-6,9-10H2,1-3H3,(H,21,24). The molecule has 1 N–H and O–H groups in total. The van der Waals surface area contributed by atoms with Gasteiger partial charge in [-0.1, -0.05) is 6.42 Å². The summed E-state index contributed by atoms with van der Waals surface area (Å²) in [4.78, 5) is 24.4. The number of carbonyl (C=O) groups is 2. The molecule has 0 radical (unpaired) electrons. The Morgan fingerprint density at radius 1 is 1.19 bits per heavy atom. The quantitative estimate of drug-likeness (QED) is 0.747. The first-order chi connectivity index (χ1) is 12.3. The Hall–Kier alpha value is -2.50. The molecule has 1 aromatic heterocycles. The van der Waals surface area contributed by atoms with E-state index < -0.39 is 17.4 Å². The van der Waals surface area contributed by atoms with E-state index in [2.05, 4.69) is 9.88 Å². The van der Waals surface area contributed by atoms with Crippen LogP contribution >= 0.6 is 0 Å². The molecule has 1 aliphatic heterocycles. The van der Waals surface area contributed by atoms with E-state index in [1.54, 1.807) is 0 Å². The van der Waals surface area contributed by atoms with Crippen molar-refractivity contribution in [2.24, 2.45) is 0 Å². The minimum Gasteiger partial charge on any atom is -0.444 e. The molecule has 6 nitrogen and oxygen atoms in total. The molecule has 1 fully saturated rings. The topological polar surface area (TPSA) is 69.6 Å². The van der Waals surface area contributed by atoms with Gasteiger partial charge in [0, 0.05) is 23.9 Å². The fourth-order valence-electron chi connectivity index (χ4n) is 4.00. The predicted molar refractivity (Wildman–Crippen MR) is 98.3 cm³/mol. The molecular weight excluding hydrogens is 332 g/mol. The van der Waals surface area contributed by atoms with Crippen molar-refractivity contribution >= 4 is 28.7 Å². The van der Waals surface area contributed by atoms with Crippen molar-refractivity contribution in [3.63, 3.8) is 0 Å². The zero-order chi connectivity index (χ0) is 18.5. The number of benzene rings is 1. The van der Waals surface area contributed by atoms with Crippen LogP contribution in [0.15, 0.2) is 24.3 Å². The second-order valence-electron chi connectivity index (χ2n) is 8.16. The molecule has 4 rings (SSSR count). The molecule has 1 aliphatic carbocycles. The Bertz CT molecular complexity index is 885. The molecule has 2 aromatic rings. The second kappa shape index (κ2) is 5.76. The average molecular weight is 356 g/mol. The first kappa shape index (κ1) is 16.9. The van der Waals surface area contributed by atoms with Gasteiger partial charge < -0.3 is 9.47 Å². The summed E-state index contributed by atoms with van der Waals surface area (Å²) >= 11 is 0. The maximum atomic E-state index is 12.4. The molecule has 0 saturated heterocycles. The maximum absolute atomic E-state index is 12.4. The van der Waals surface area contributed by atoms with Crippen molar-refractivity contribution in [2.75, 3.05) is 5.32 Å². The fraction of sp³-hybridized carbons (Fsp3) is 0.500. The summed E-state index contributed by atoms with van der Waals surface area (Å²) in [6, 6.07) is 7.48. The lowest BCUT2D eigenvalue weighted by Crippen LogP contribution is -2.34. The highest BCUT2D eigenvalue weighted by Gasteiger charge is 2.46. The van der Waals surface area contributed by atoms with Gasteiger partial charge >= 0.3 is 12.1 Å². The monoisotopic (exact) mass is 356 g/mol. The Morgan fingerprint density at radius 3 is 2.62 bits per heavy atom. The Kier molecular flexibility index (Phi) is 3.75. The summed E-state index contributed by atoms with van der Waals surface area (Å²) in [5, 5.41) is 3.66. The summed E-state index contributed by atoms with van der Waals surface area (Å²) in [6.07, 6.45) is 4.51. The molecule has 0 atom stereocenters. The lowest BCUT2D eigenvalue weighted by Gasteiger charge is -2.34. The molecule has 2 heterocycles. The van der Waals surface area contributed by atoms with Crippen molar-refractivity contribution < 1.29 is 19.1 Å². The summed E-state index contributed by atoms with van der Waals surface area (Å²) < 4.78 is 13.1. The first-order valence-corrected chi connectivity index (χ1v) is 9.17. The smallest absolute Gasteiger partial charge is 0.412 e. The maximum Gasteiger partial charge on any atom is 0.412 e. The van der Waals surface area contributed by atoms with E-state index in [9.17, 15) is 9.59 Å². The molecule has 138 valence electrons. The van der Waals surface area contributed by atoms with Crippen molar-refractivity contribution in [1.29, 1.82) is 0 Å². The SMILES string of the molecule is CC(C)(C)OC(=O)Nc1ccc2c(c1)cc1n2C2(CCCCC2)OC1=O. The van der Waals surface area contributed by atoms with Gasteiger partial charge in [-0.3, -0.25) is 9.88 Å². The van der Waals surface area contributed by atoms with E-state index in [-0.39, 0.29) is 5.97 Å². The van der Waals surface area contributed by atoms with Gasteiger partial charge in [-0.15, -0.1) is 0 Å². The highest BCUT2D eigenvalue weighted by molar-refractivity contribution is 5.99. The van der Waals surface area contributed by atoms with Crippen LogP contribution in [-0.2, 0) is 15.2 Å². The molecule has 1 aromatic carbocycles. The van der Waals surface area contributed by atoms with E-state index in [1.165, 1.54) is 6.42 Å². The summed E-state index contributed by atoms with van der Waals surface area (Å²) in [5.74, 6) is -0.259. The number of rotatable bonds is 1. The number of amides is 1. The Labute approximate surface area is 152 Å². The Morgan fingerprint density at radius 2 is 1.92 bits per heavy atom. The minimum atomic E-state index is -0.553. The summed E-state index contributed by atoms with van der Waals surface area (Å²) in [5.41, 5.74) is 1.11. The van der Waals surface area contributed by atoms with Crippen LogP contribution in [0, 0.1) is 0 Å². The third-order valence-corrected chi connectivity index (χ3v) is 4.98. The lowest BCUT2D eigenvalue weighted by atomic mass is 9.91. The number of ether oxygens (including phenoxy) is 2. The van der Waals surface area contributed by atoms with E-state index in [0.717, 1.165) is 36.6 Å². The third-order valence-electron chi connectivity index (χ3n) is 4.98. The number of nitrogens with one attached hydrogen (secondary N) is 1. The van der Waals surface area contributed by atoms with Crippen molar-refractivity contribution in [2.45, 2.75) is 64.2 Å². The molecule has 0 bridgehead atoms. The molecule has 26 heavy (non-hydrogen) atoms. The molecular formula is C20H24N2O4. The van der Waals surface area contributed by atoms with Gasteiger partial charge in [0.15, 0.2) is 5.72 Å². The molecule has 1 spiro atoms. The van der Waals surface area contributed by atoms with Gasteiger partial charge in [0.1, 0.15) is 11.3 Å². The predicted octanol–water partition coefficient (Wildman–Crippen LogP) is 4.78. The highest BCUT2D eigenvalue weighted by atomic mass is 16.6. The van der Waals surface area contributed by atoms with Crippen LogP contribution in [-0.4, -0.2) is 22.2 Å². The van der Waals surface area contributed by atoms with Gasteiger partial charge in [-0.05, 0) is 57.9 Å². The van der Waals surface area contributed by atoms with E-state index in [1.807, 2.05) is 45.0 Å². The number of nitrogens with zero attached hydrogens (tertiary/aromatic N) is 1. The van der Waals surface area contributed by atoms with Crippen LogP contribution in [0.3, 0.4) is 0 Å². The van der Waals surface area contributed by atoms with Crippen LogP contribution in [0.25, 0.3) is 10.9 Å². The number of esters is 1. The molecule has 0 unspecified atom stereocenters. The molecule has 1 saturated carbocycles. The number of anilines is 1. The van der Waals surface area contributed by atoms with Crippen LogP contribution in [0.2, 0.25) is 0 Å². The van der Waals surface area contributed by atoms with Crippen molar-refractivity contribution in [3.05, 3.63) is 30.0 Å². The summed E-state index contributed by atoms with van der Waals surface area (Å²) in [7, 11) is 0. The number of hydrogen-bond donors (Lipinski definition) is 1. The fourth-order valence-corrected chi connectivity index (χ4v) is 4.00. The number of fused-ring (bicyclic) bond motifs is 4. The van der Waals surface area contributed by atoms with Crippen molar-refractivity contribution in [1.82, 2.24) is 4.57 Å². The van der Waals surface area contributed by atoms with Gasteiger partial charge in [0.05, 0.1) is 5.52 Å². The van der Waals surface area contributed by atoms with Gasteiger partial charge in [-0.25, -0.2) is 9.59 Å². The lowest BCUT2D eigenvalue weighted by molar-refractivity contribution is -0.0654. The second-order valence-corrected chi connectivity index (χ2v) is 8.16. The molecule has 6 heteroatoms. The van der Waals surface area contributed by atoms with Crippen LogP contribution in [0.4, 0.5) is 10.5 Å². The van der Waals surface area contributed by atoms with Crippen LogP contribution in [0.5, 0.6) is 0 Å². The molecule has 2 aliphatic rings. The van der Waals surface area contributed by atoms with Gasteiger partial charge in [-0.2, -0.15) is 0 Å². The number of aromatic nitrogens is 1. The minimum absolute atomic E-state index is 0.259. The zero-order valence-electron chi connectivity index (χ0n) is 15.4. The highest BCUT2D eigenvalue weighted by Crippen LogP contribution is 2.45. The number of carbonyl (C=O) groups excluding carboxylic acids is 2. The Balaban J connectivity index is 1.67. The first-order valence-electron chi connectivity index (χ1n) is 9.17. The third kappa shape index (κ3) is 2.83. The largest absolute Gasteiger partial charge is 0.444 e. The van der Waals surface area contributed by atoms with Crippen LogP contribution < -0.4 is 5.32 Å². The van der Waals surface area contributed by atoms with E-state index in [0.29, 0.717) is 11.4 Å². The zero-order valence-corrected chi connectivity index (χ0v) is 15.4. The average Bonchev–Trinajstić information content (AvgIpc) is 3.03. The van der Waals surface area contributed by atoms with Crippen molar-refractivity contribution in [3.8, 4) is 0 Å². The molecule has 1 amide bonds. The number of hydrogen-bond acceptors (Lipinski definition) is 4. The van der Waals surface area contributed by atoms with Gasteiger partial charge in [0.25, 0.3) is 0 Å². The van der Waals surface area contributed by atoms with E-state index in [4.69, 9.17) is 9.47 Å². The summed E-state index contributed by atoms with van der Waals surface area (Å²) in [6.45, 7) is 5.47. The van der Waals surface area contributed by atoms with Gasteiger partial charge in [0.2, 0.25) is 0 Å². The van der Waals surface area contributed by atoms with E-state index >= 15 is 0 Å². The van der Waals surface area contributed by atoms with Crippen LogP contribution in [0.1, 0.15) is 63.4 Å².